The lowest BCUT2D eigenvalue weighted by Crippen LogP contribution is -2.48. The average Bonchev–Trinajstić information content (AvgIpc) is 2.69. The van der Waals surface area contributed by atoms with E-state index in [2.05, 4.69) is 26.6 Å². The smallest absolute Gasteiger partial charge is 0.139 e. The first-order chi connectivity index (χ1) is 7.69. The summed E-state index contributed by atoms with van der Waals surface area (Å²) in [5.74, 6) is -0.244. The Balaban J connectivity index is 1.96. The summed E-state index contributed by atoms with van der Waals surface area (Å²) in [5.41, 5.74) is 1.73. The maximum atomic E-state index is 13.3. The van der Waals surface area contributed by atoms with Gasteiger partial charge in [-0.3, -0.25) is 0 Å². The van der Waals surface area contributed by atoms with Crippen LogP contribution in [0.25, 0.3) is 0 Å². The van der Waals surface area contributed by atoms with Crippen molar-refractivity contribution in [2.75, 3.05) is 30.4 Å². The number of anilines is 2. The molecule has 1 aromatic carbocycles. The molecule has 2 heterocycles. The highest BCUT2D eigenvalue weighted by Gasteiger charge is 2.37. The molecule has 2 aliphatic rings. The van der Waals surface area contributed by atoms with Crippen molar-refractivity contribution >= 4 is 27.3 Å². The maximum absolute atomic E-state index is 13.3. The van der Waals surface area contributed by atoms with Crippen molar-refractivity contribution in [3.8, 4) is 0 Å². The molecule has 1 aromatic rings. The fraction of sp³-hybridized carbons (Fsp3) is 0.455. The van der Waals surface area contributed by atoms with Crippen LogP contribution in [0.5, 0.6) is 0 Å². The lowest BCUT2D eigenvalue weighted by Gasteiger charge is -2.36. The Morgan fingerprint density at radius 3 is 3.00 bits per heavy atom. The van der Waals surface area contributed by atoms with Gasteiger partial charge in [0.2, 0.25) is 0 Å². The molecule has 3 nitrogen and oxygen atoms in total. The summed E-state index contributed by atoms with van der Waals surface area (Å²) in [7, 11) is 0. The number of halogens is 2. The Hall–Kier alpha value is -0.810. The van der Waals surface area contributed by atoms with Gasteiger partial charge in [-0.15, -0.1) is 0 Å². The van der Waals surface area contributed by atoms with Gasteiger partial charge in [-0.1, -0.05) is 0 Å². The van der Waals surface area contributed by atoms with Gasteiger partial charge < -0.3 is 15.4 Å². The predicted molar refractivity (Wildman–Crippen MR) is 64.4 cm³/mol. The van der Waals surface area contributed by atoms with Gasteiger partial charge in [0.05, 0.1) is 28.0 Å². The minimum absolute atomic E-state index is 0.0235. The van der Waals surface area contributed by atoms with Gasteiger partial charge in [-0.05, 0) is 28.4 Å². The van der Waals surface area contributed by atoms with Crippen LogP contribution in [0.4, 0.5) is 15.8 Å². The molecular weight excluding hydrogens is 275 g/mol. The van der Waals surface area contributed by atoms with Gasteiger partial charge in [0, 0.05) is 19.2 Å². The van der Waals surface area contributed by atoms with Crippen LogP contribution < -0.4 is 10.6 Å². The van der Waals surface area contributed by atoms with Gasteiger partial charge in [0.25, 0.3) is 0 Å². The molecule has 1 spiro atoms. The van der Waals surface area contributed by atoms with E-state index in [0.29, 0.717) is 11.1 Å². The van der Waals surface area contributed by atoms with Crippen molar-refractivity contribution in [1.29, 1.82) is 0 Å². The Kier molecular flexibility index (Phi) is 2.33. The first-order valence-corrected chi connectivity index (χ1v) is 6.07. The number of rotatable bonds is 0. The highest BCUT2D eigenvalue weighted by molar-refractivity contribution is 9.10. The molecule has 2 N–H and O–H groups in total. The van der Waals surface area contributed by atoms with E-state index in [-0.39, 0.29) is 11.4 Å². The van der Waals surface area contributed by atoms with Crippen molar-refractivity contribution in [1.82, 2.24) is 0 Å². The monoisotopic (exact) mass is 286 g/mol. The van der Waals surface area contributed by atoms with Crippen LogP contribution in [-0.2, 0) is 4.74 Å². The molecule has 0 saturated carbocycles. The van der Waals surface area contributed by atoms with E-state index in [1.807, 2.05) is 0 Å². The van der Waals surface area contributed by atoms with Crippen molar-refractivity contribution in [3.05, 3.63) is 22.4 Å². The number of benzene rings is 1. The van der Waals surface area contributed by atoms with Crippen molar-refractivity contribution < 1.29 is 9.13 Å². The fourth-order valence-corrected chi connectivity index (χ4v) is 2.58. The van der Waals surface area contributed by atoms with Gasteiger partial charge in [0.15, 0.2) is 0 Å². The average molecular weight is 287 g/mol. The van der Waals surface area contributed by atoms with E-state index < -0.39 is 0 Å². The Morgan fingerprint density at radius 2 is 2.25 bits per heavy atom. The predicted octanol–water partition coefficient (Wildman–Crippen LogP) is 2.58. The van der Waals surface area contributed by atoms with Crippen LogP contribution >= 0.6 is 15.9 Å². The molecule has 1 fully saturated rings. The first-order valence-electron chi connectivity index (χ1n) is 5.27. The third-order valence-corrected chi connectivity index (χ3v) is 3.79. The van der Waals surface area contributed by atoms with Crippen LogP contribution in [0.1, 0.15) is 6.42 Å². The minimum atomic E-state index is -0.244. The van der Waals surface area contributed by atoms with Gasteiger partial charge >= 0.3 is 0 Å². The third kappa shape index (κ3) is 1.58. The van der Waals surface area contributed by atoms with E-state index in [9.17, 15) is 4.39 Å². The molecule has 0 aromatic heterocycles. The standard InChI is InChI=1S/C11H12BrFN2O/c12-7-3-10-9(4-8(7)13)14-5-11(15-10)1-2-16-6-11/h3-4,14-15H,1-2,5-6H2. The summed E-state index contributed by atoms with van der Waals surface area (Å²) in [5, 5.41) is 6.72. The van der Waals surface area contributed by atoms with Gasteiger partial charge in [0.1, 0.15) is 5.82 Å². The van der Waals surface area contributed by atoms with E-state index in [0.717, 1.165) is 30.9 Å². The topological polar surface area (TPSA) is 33.3 Å². The van der Waals surface area contributed by atoms with Crippen LogP contribution in [-0.4, -0.2) is 25.3 Å². The Bertz CT molecular complexity index is 432. The maximum Gasteiger partial charge on any atom is 0.139 e. The second-order valence-corrected chi connectivity index (χ2v) is 5.23. The molecule has 5 heteroatoms. The molecular formula is C11H12BrFN2O. The third-order valence-electron chi connectivity index (χ3n) is 3.18. The number of hydrogen-bond acceptors (Lipinski definition) is 3. The van der Waals surface area contributed by atoms with Crippen molar-refractivity contribution in [3.63, 3.8) is 0 Å². The van der Waals surface area contributed by atoms with Gasteiger partial charge in [-0.2, -0.15) is 0 Å². The molecule has 1 unspecified atom stereocenters. The van der Waals surface area contributed by atoms with E-state index in [1.54, 1.807) is 6.07 Å². The molecule has 0 amide bonds. The zero-order chi connectivity index (χ0) is 11.2. The summed E-state index contributed by atoms with van der Waals surface area (Å²) in [6.07, 6.45) is 0.981. The first kappa shape index (κ1) is 10.4. The Morgan fingerprint density at radius 1 is 1.38 bits per heavy atom. The zero-order valence-corrected chi connectivity index (χ0v) is 10.2. The van der Waals surface area contributed by atoms with Crippen LogP contribution in [0.3, 0.4) is 0 Å². The molecule has 1 atom stereocenters. The van der Waals surface area contributed by atoms with Crippen molar-refractivity contribution in [2.45, 2.75) is 12.0 Å². The van der Waals surface area contributed by atoms with Crippen LogP contribution in [0.15, 0.2) is 16.6 Å². The Labute approximate surface area is 101 Å². The molecule has 86 valence electrons. The summed E-state index contributed by atoms with van der Waals surface area (Å²) < 4.78 is 19.2. The zero-order valence-electron chi connectivity index (χ0n) is 8.65. The minimum Gasteiger partial charge on any atom is -0.381 e. The molecule has 2 aliphatic heterocycles. The lowest BCUT2D eigenvalue weighted by atomic mass is 9.95. The SMILES string of the molecule is Fc1cc2c(cc1Br)NC1(CCOC1)CN2. The second kappa shape index (κ2) is 3.60. The van der Waals surface area contributed by atoms with Crippen LogP contribution in [0, 0.1) is 5.82 Å². The number of fused-ring (bicyclic) bond motifs is 1. The largest absolute Gasteiger partial charge is 0.381 e. The summed E-state index contributed by atoms with van der Waals surface area (Å²) in [4.78, 5) is 0. The summed E-state index contributed by atoms with van der Waals surface area (Å²) in [6.45, 7) is 2.27. The molecule has 0 radical (unpaired) electrons. The molecule has 0 aliphatic carbocycles. The second-order valence-electron chi connectivity index (χ2n) is 4.37. The highest BCUT2D eigenvalue weighted by atomic mass is 79.9. The molecule has 1 saturated heterocycles. The van der Waals surface area contributed by atoms with Crippen molar-refractivity contribution in [2.24, 2.45) is 0 Å². The van der Waals surface area contributed by atoms with Gasteiger partial charge in [-0.25, -0.2) is 4.39 Å². The molecule has 16 heavy (non-hydrogen) atoms. The highest BCUT2D eigenvalue weighted by Crippen LogP contribution is 2.36. The normalized spacial score (nSPS) is 27.4. The molecule has 3 rings (SSSR count). The van der Waals surface area contributed by atoms with Crippen LogP contribution in [0.2, 0.25) is 0 Å². The number of hydrogen-bond donors (Lipinski definition) is 2. The van der Waals surface area contributed by atoms with E-state index in [4.69, 9.17) is 4.74 Å². The fourth-order valence-electron chi connectivity index (χ4n) is 2.24. The number of nitrogens with one attached hydrogen (secondary N) is 2. The lowest BCUT2D eigenvalue weighted by molar-refractivity contribution is 0.184. The summed E-state index contributed by atoms with van der Waals surface area (Å²) in [6, 6.07) is 3.28. The quantitative estimate of drug-likeness (QED) is 0.769. The van der Waals surface area contributed by atoms with E-state index >= 15 is 0 Å². The number of ether oxygens (including phenoxy) is 1. The van der Waals surface area contributed by atoms with E-state index in [1.165, 1.54) is 6.07 Å². The summed E-state index contributed by atoms with van der Waals surface area (Å²) >= 11 is 3.20. The molecule has 0 bridgehead atoms.